The van der Waals surface area contributed by atoms with E-state index in [0.29, 0.717) is 6.04 Å². The van der Waals surface area contributed by atoms with Gasteiger partial charge in [0.1, 0.15) is 0 Å². The molecule has 1 heterocycles. The van der Waals surface area contributed by atoms with E-state index in [4.69, 9.17) is 0 Å². The number of allylic oxidation sites excluding steroid dienone is 1. The van der Waals surface area contributed by atoms with E-state index in [2.05, 4.69) is 37.2 Å². The Morgan fingerprint density at radius 2 is 2.22 bits per heavy atom. The first kappa shape index (κ1) is 15.5. The third kappa shape index (κ3) is 5.36. The van der Waals surface area contributed by atoms with E-state index in [1.165, 1.54) is 42.5 Å². The number of thiophene rings is 1. The second-order valence-electron chi connectivity index (χ2n) is 4.90. The number of aryl methyl sites for hydroxylation is 1. The van der Waals surface area contributed by atoms with Gasteiger partial charge < -0.3 is 5.32 Å². The van der Waals surface area contributed by atoms with Crippen molar-refractivity contribution in [2.24, 2.45) is 0 Å². The zero-order valence-corrected chi connectivity index (χ0v) is 12.7. The van der Waals surface area contributed by atoms with Gasteiger partial charge in [0.2, 0.25) is 0 Å². The average molecular weight is 265 g/mol. The van der Waals surface area contributed by atoms with Gasteiger partial charge in [-0.05, 0) is 56.2 Å². The monoisotopic (exact) mass is 265 g/mol. The van der Waals surface area contributed by atoms with Crippen LogP contribution in [0.1, 0.15) is 61.9 Å². The number of hydrogen-bond acceptors (Lipinski definition) is 2. The maximum Gasteiger partial charge on any atom is 0.0417 e. The van der Waals surface area contributed by atoms with Crippen molar-refractivity contribution in [3.8, 4) is 0 Å². The van der Waals surface area contributed by atoms with Gasteiger partial charge in [0.15, 0.2) is 0 Å². The molecule has 0 radical (unpaired) electrons. The molecular formula is C16H27NS. The fourth-order valence-electron chi connectivity index (χ4n) is 2.20. The maximum absolute atomic E-state index is 3.78. The molecule has 2 heteroatoms. The van der Waals surface area contributed by atoms with Gasteiger partial charge in [0, 0.05) is 10.9 Å². The van der Waals surface area contributed by atoms with Crippen molar-refractivity contribution in [3.63, 3.8) is 0 Å². The molecule has 1 aromatic rings. The molecule has 0 aromatic carbocycles. The summed E-state index contributed by atoms with van der Waals surface area (Å²) in [6.45, 7) is 9.35. The Hall–Kier alpha value is -0.600. The van der Waals surface area contributed by atoms with Crippen molar-refractivity contribution in [2.75, 3.05) is 6.54 Å². The highest BCUT2D eigenvalue weighted by Gasteiger charge is 2.13. The summed E-state index contributed by atoms with van der Waals surface area (Å²) in [5, 5.41) is 5.91. The van der Waals surface area contributed by atoms with Gasteiger partial charge in [-0.3, -0.25) is 0 Å². The van der Waals surface area contributed by atoms with Crippen LogP contribution in [-0.4, -0.2) is 6.54 Å². The molecule has 1 nitrogen and oxygen atoms in total. The van der Waals surface area contributed by atoms with Crippen LogP contribution in [0.4, 0.5) is 0 Å². The summed E-state index contributed by atoms with van der Waals surface area (Å²) in [5.41, 5.74) is 1.44. The van der Waals surface area contributed by atoms with Crippen LogP contribution in [0.15, 0.2) is 24.1 Å². The Morgan fingerprint density at radius 1 is 1.39 bits per heavy atom. The molecule has 102 valence electrons. The van der Waals surface area contributed by atoms with Crippen molar-refractivity contribution in [3.05, 3.63) is 34.5 Å². The lowest BCUT2D eigenvalue weighted by molar-refractivity contribution is 0.476. The van der Waals surface area contributed by atoms with E-state index in [0.717, 1.165) is 13.0 Å². The normalized spacial score (nSPS) is 12.6. The zero-order valence-electron chi connectivity index (χ0n) is 11.9. The van der Waals surface area contributed by atoms with Crippen molar-refractivity contribution >= 4 is 11.3 Å². The molecule has 1 rings (SSSR count). The third-order valence-electron chi connectivity index (χ3n) is 3.26. The van der Waals surface area contributed by atoms with Gasteiger partial charge in [-0.15, -0.1) is 17.9 Å². The van der Waals surface area contributed by atoms with Crippen molar-refractivity contribution in [2.45, 2.75) is 58.4 Å². The molecule has 0 aliphatic carbocycles. The fraction of sp³-hybridized carbons (Fsp3) is 0.625. The van der Waals surface area contributed by atoms with Crippen molar-refractivity contribution in [1.29, 1.82) is 0 Å². The topological polar surface area (TPSA) is 12.0 Å². The Bertz CT molecular complexity index is 330. The predicted molar refractivity (Wildman–Crippen MR) is 83.4 cm³/mol. The van der Waals surface area contributed by atoms with E-state index in [-0.39, 0.29) is 0 Å². The molecule has 1 atom stereocenters. The van der Waals surface area contributed by atoms with Crippen LogP contribution < -0.4 is 5.32 Å². The molecule has 0 saturated carbocycles. The van der Waals surface area contributed by atoms with E-state index in [1.54, 1.807) is 0 Å². The van der Waals surface area contributed by atoms with Crippen LogP contribution in [0.5, 0.6) is 0 Å². The van der Waals surface area contributed by atoms with Crippen molar-refractivity contribution < 1.29 is 0 Å². The number of rotatable bonds is 10. The van der Waals surface area contributed by atoms with Crippen molar-refractivity contribution in [1.82, 2.24) is 5.32 Å². The number of unbranched alkanes of at least 4 members (excludes halogenated alkanes) is 3. The van der Waals surface area contributed by atoms with Gasteiger partial charge in [0.25, 0.3) is 0 Å². The van der Waals surface area contributed by atoms with Crippen LogP contribution in [0.2, 0.25) is 0 Å². The van der Waals surface area contributed by atoms with Crippen LogP contribution in [0.25, 0.3) is 0 Å². The Balaban J connectivity index is 2.41. The summed E-state index contributed by atoms with van der Waals surface area (Å²) >= 11 is 1.90. The quantitative estimate of drug-likeness (QED) is 0.451. The summed E-state index contributed by atoms with van der Waals surface area (Å²) in [4.78, 5) is 1.53. The molecule has 1 N–H and O–H groups in total. The first-order valence-corrected chi connectivity index (χ1v) is 8.05. The van der Waals surface area contributed by atoms with Gasteiger partial charge in [0.05, 0.1) is 0 Å². The van der Waals surface area contributed by atoms with Crippen LogP contribution in [0, 0.1) is 6.92 Å². The minimum atomic E-state index is 0.564. The lowest BCUT2D eigenvalue weighted by Gasteiger charge is -2.18. The summed E-state index contributed by atoms with van der Waals surface area (Å²) in [6, 6.07) is 2.80. The van der Waals surface area contributed by atoms with Crippen LogP contribution >= 0.6 is 11.3 Å². The van der Waals surface area contributed by atoms with E-state index >= 15 is 0 Å². The molecule has 0 aliphatic rings. The average Bonchev–Trinajstić information content (AvgIpc) is 2.79. The standard InChI is InChI=1S/C16H27NS/c1-4-6-7-8-9-10-15(17-12-5-2)16-14(3)11-13-18-16/h4,11,13,15,17H,1,5-10,12H2,2-3H3. The van der Waals surface area contributed by atoms with E-state index in [1.807, 2.05) is 17.4 Å². The highest BCUT2D eigenvalue weighted by molar-refractivity contribution is 7.10. The summed E-state index contributed by atoms with van der Waals surface area (Å²) in [7, 11) is 0. The highest BCUT2D eigenvalue weighted by atomic mass is 32.1. The highest BCUT2D eigenvalue weighted by Crippen LogP contribution is 2.28. The third-order valence-corrected chi connectivity index (χ3v) is 4.39. The molecule has 0 aliphatic heterocycles. The molecule has 0 bridgehead atoms. The minimum Gasteiger partial charge on any atom is -0.309 e. The predicted octanol–water partition coefficient (Wildman–Crippen LogP) is 5.23. The first-order chi connectivity index (χ1) is 8.79. The molecule has 0 amide bonds. The summed E-state index contributed by atoms with van der Waals surface area (Å²) in [6.07, 6.45) is 9.57. The molecule has 0 spiro atoms. The van der Waals surface area contributed by atoms with Crippen LogP contribution in [-0.2, 0) is 0 Å². The maximum atomic E-state index is 3.78. The van der Waals surface area contributed by atoms with Gasteiger partial charge in [-0.1, -0.05) is 25.8 Å². The molecule has 1 aromatic heterocycles. The van der Waals surface area contributed by atoms with Gasteiger partial charge in [-0.2, -0.15) is 0 Å². The van der Waals surface area contributed by atoms with E-state index in [9.17, 15) is 0 Å². The fourth-order valence-corrected chi connectivity index (χ4v) is 3.24. The second-order valence-corrected chi connectivity index (χ2v) is 5.85. The second kappa shape index (κ2) is 9.35. The number of nitrogens with one attached hydrogen (secondary N) is 1. The largest absolute Gasteiger partial charge is 0.309 e. The lowest BCUT2D eigenvalue weighted by atomic mass is 10.0. The molecule has 0 fully saturated rings. The Morgan fingerprint density at radius 3 is 2.83 bits per heavy atom. The zero-order chi connectivity index (χ0) is 13.2. The number of hydrogen-bond donors (Lipinski definition) is 1. The molecular weight excluding hydrogens is 238 g/mol. The Kier molecular flexibility index (Phi) is 8.03. The van der Waals surface area contributed by atoms with Gasteiger partial charge in [-0.25, -0.2) is 0 Å². The Labute approximate surface area is 116 Å². The SMILES string of the molecule is C=CCCCCCC(NCCC)c1sccc1C. The minimum absolute atomic E-state index is 0.564. The first-order valence-electron chi connectivity index (χ1n) is 7.17. The lowest BCUT2D eigenvalue weighted by Crippen LogP contribution is -2.21. The smallest absolute Gasteiger partial charge is 0.0417 e. The molecule has 0 saturated heterocycles. The summed E-state index contributed by atoms with van der Waals surface area (Å²) in [5.74, 6) is 0. The molecule has 1 unspecified atom stereocenters. The summed E-state index contributed by atoms with van der Waals surface area (Å²) < 4.78 is 0. The van der Waals surface area contributed by atoms with Crippen LogP contribution in [0.3, 0.4) is 0 Å². The van der Waals surface area contributed by atoms with Gasteiger partial charge >= 0.3 is 0 Å². The molecule has 18 heavy (non-hydrogen) atoms. The van der Waals surface area contributed by atoms with E-state index < -0.39 is 0 Å².